The Labute approximate surface area is 121 Å². The van der Waals surface area contributed by atoms with Gasteiger partial charge in [0, 0.05) is 18.3 Å². The second kappa shape index (κ2) is 7.83. The molecule has 0 heterocycles. The van der Waals surface area contributed by atoms with Gasteiger partial charge in [-0.25, -0.2) is 0 Å². The summed E-state index contributed by atoms with van der Waals surface area (Å²) in [5.41, 5.74) is 0.637. The second-order valence-electron chi connectivity index (χ2n) is 5.63. The van der Waals surface area contributed by atoms with Crippen LogP contribution in [0.15, 0.2) is 30.3 Å². The van der Waals surface area contributed by atoms with Crippen molar-refractivity contribution in [3.8, 4) is 0 Å². The molecule has 3 heteroatoms. The summed E-state index contributed by atoms with van der Waals surface area (Å²) in [7, 11) is 0. The first kappa shape index (κ1) is 16.4. The van der Waals surface area contributed by atoms with E-state index >= 15 is 0 Å². The Balaban J connectivity index is 2.43. The predicted octanol–water partition coefficient (Wildman–Crippen LogP) is 3.56. The molecule has 110 valence electrons. The lowest BCUT2D eigenvalue weighted by Crippen LogP contribution is -2.26. The van der Waals surface area contributed by atoms with E-state index < -0.39 is 5.41 Å². The van der Waals surface area contributed by atoms with E-state index in [1.807, 2.05) is 44.2 Å². The minimum atomic E-state index is -0.400. The highest BCUT2D eigenvalue weighted by atomic mass is 16.5. The highest BCUT2D eigenvalue weighted by Gasteiger charge is 2.27. The normalized spacial score (nSPS) is 11.2. The summed E-state index contributed by atoms with van der Waals surface area (Å²) in [5, 5.41) is 0. The van der Waals surface area contributed by atoms with Gasteiger partial charge in [-0.2, -0.15) is 0 Å². The van der Waals surface area contributed by atoms with Crippen LogP contribution >= 0.6 is 0 Å². The first-order chi connectivity index (χ1) is 9.45. The van der Waals surface area contributed by atoms with E-state index in [1.165, 1.54) is 0 Å². The van der Waals surface area contributed by atoms with Crippen LogP contribution in [0, 0.1) is 5.41 Å². The number of carbonyl (C=O) groups is 2. The molecule has 0 aliphatic rings. The standard InChI is InChI=1S/C17H24O3/c1-4-20-16(19)11-8-12-17(2,3)15(18)13-14-9-6-5-7-10-14/h5-7,9-10H,4,8,11-13H2,1-3H3. The van der Waals surface area contributed by atoms with Crippen LogP contribution in [-0.2, 0) is 20.7 Å². The summed E-state index contributed by atoms with van der Waals surface area (Å²) in [6.45, 7) is 6.10. The van der Waals surface area contributed by atoms with Crippen molar-refractivity contribution >= 4 is 11.8 Å². The van der Waals surface area contributed by atoms with Crippen LogP contribution in [0.2, 0.25) is 0 Å². The van der Waals surface area contributed by atoms with E-state index in [0.717, 1.165) is 5.56 Å². The molecule has 0 saturated heterocycles. The number of ketones is 1. The summed E-state index contributed by atoms with van der Waals surface area (Å²) in [6.07, 6.45) is 2.23. The third-order valence-electron chi connectivity index (χ3n) is 3.45. The highest BCUT2D eigenvalue weighted by molar-refractivity contribution is 5.86. The van der Waals surface area contributed by atoms with E-state index in [-0.39, 0.29) is 11.8 Å². The van der Waals surface area contributed by atoms with E-state index in [9.17, 15) is 9.59 Å². The first-order valence-corrected chi connectivity index (χ1v) is 7.18. The van der Waals surface area contributed by atoms with Crippen molar-refractivity contribution < 1.29 is 14.3 Å². The van der Waals surface area contributed by atoms with E-state index in [1.54, 1.807) is 6.92 Å². The van der Waals surface area contributed by atoms with Crippen molar-refractivity contribution in [1.82, 2.24) is 0 Å². The molecule has 0 aliphatic carbocycles. The zero-order valence-electron chi connectivity index (χ0n) is 12.6. The van der Waals surface area contributed by atoms with Gasteiger partial charge in [0.1, 0.15) is 5.78 Å². The molecule has 0 amide bonds. The Morgan fingerprint density at radius 1 is 1.15 bits per heavy atom. The van der Waals surface area contributed by atoms with Gasteiger partial charge in [0.2, 0.25) is 0 Å². The van der Waals surface area contributed by atoms with E-state index in [2.05, 4.69) is 0 Å². The number of ether oxygens (including phenoxy) is 1. The predicted molar refractivity (Wildman–Crippen MR) is 79.4 cm³/mol. The van der Waals surface area contributed by atoms with Gasteiger partial charge in [-0.05, 0) is 25.3 Å². The molecule has 1 aromatic carbocycles. The SMILES string of the molecule is CCOC(=O)CCCC(C)(C)C(=O)Cc1ccccc1. The van der Waals surface area contributed by atoms with Crippen LogP contribution in [0.5, 0.6) is 0 Å². The lowest BCUT2D eigenvalue weighted by Gasteiger charge is -2.23. The number of hydrogen-bond acceptors (Lipinski definition) is 3. The zero-order valence-corrected chi connectivity index (χ0v) is 12.6. The maximum atomic E-state index is 12.3. The molecule has 0 unspecified atom stereocenters. The molecule has 0 radical (unpaired) electrons. The Kier molecular flexibility index (Phi) is 6.43. The third-order valence-corrected chi connectivity index (χ3v) is 3.45. The smallest absolute Gasteiger partial charge is 0.305 e. The number of esters is 1. The fraction of sp³-hybridized carbons (Fsp3) is 0.529. The van der Waals surface area contributed by atoms with Gasteiger partial charge in [-0.1, -0.05) is 44.2 Å². The average Bonchev–Trinajstić information content (AvgIpc) is 2.40. The van der Waals surface area contributed by atoms with Gasteiger partial charge in [-0.3, -0.25) is 9.59 Å². The molecule has 0 aromatic heterocycles. The van der Waals surface area contributed by atoms with Gasteiger partial charge in [0.15, 0.2) is 0 Å². The molecule has 1 aromatic rings. The lowest BCUT2D eigenvalue weighted by atomic mass is 9.80. The van der Waals surface area contributed by atoms with E-state index in [0.29, 0.717) is 32.3 Å². The Hall–Kier alpha value is -1.64. The van der Waals surface area contributed by atoms with Gasteiger partial charge >= 0.3 is 5.97 Å². The Bertz CT molecular complexity index is 435. The number of rotatable bonds is 8. The minimum Gasteiger partial charge on any atom is -0.466 e. The van der Waals surface area contributed by atoms with Crippen LogP contribution < -0.4 is 0 Å². The van der Waals surface area contributed by atoms with Crippen LogP contribution in [0.1, 0.15) is 45.6 Å². The maximum Gasteiger partial charge on any atom is 0.305 e. The largest absolute Gasteiger partial charge is 0.466 e. The molecule has 0 spiro atoms. The lowest BCUT2D eigenvalue weighted by molar-refractivity contribution is -0.143. The Morgan fingerprint density at radius 3 is 2.40 bits per heavy atom. The molecule has 20 heavy (non-hydrogen) atoms. The quantitative estimate of drug-likeness (QED) is 0.682. The summed E-state index contributed by atoms with van der Waals surface area (Å²) < 4.78 is 4.89. The molecule has 0 saturated carbocycles. The monoisotopic (exact) mass is 276 g/mol. The van der Waals surface area contributed by atoms with Crippen molar-refractivity contribution in [3.05, 3.63) is 35.9 Å². The molecule has 1 rings (SSSR count). The van der Waals surface area contributed by atoms with Crippen molar-refractivity contribution in [1.29, 1.82) is 0 Å². The van der Waals surface area contributed by atoms with Crippen molar-refractivity contribution in [2.75, 3.05) is 6.61 Å². The zero-order chi connectivity index (χ0) is 15.0. The third kappa shape index (κ3) is 5.55. The molecular weight excluding hydrogens is 252 g/mol. The summed E-state index contributed by atoms with van der Waals surface area (Å²) in [6, 6.07) is 9.75. The van der Waals surface area contributed by atoms with Gasteiger partial charge in [0.05, 0.1) is 6.61 Å². The highest BCUT2D eigenvalue weighted by Crippen LogP contribution is 2.26. The molecule has 0 bridgehead atoms. The first-order valence-electron chi connectivity index (χ1n) is 7.18. The topological polar surface area (TPSA) is 43.4 Å². The van der Waals surface area contributed by atoms with E-state index in [4.69, 9.17) is 4.74 Å². The van der Waals surface area contributed by atoms with Gasteiger partial charge in [0.25, 0.3) is 0 Å². The molecule has 0 aliphatic heterocycles. The maximum absolute atomic E-state index is 12.3. The van der Waals surface area contributed by atoms with Crippen LogP contribution in [-0.4, -0.2) is 18.4 Å². The number of hydrogen-bond donors (Lipinski definition) is 0. The summed E-state index contributed by atoms with van der Waals surface area (Å²) in [4.78, 5) is 23.6. The van der Waals surface area contributed by atoms with Crippen molar-refractivity contribution in [3.63, 3.8) is 0 Å². The molecule has 0 atom stereocenters. The molecule has 0 fully saturated rings. The fourth-order valence-corrected chi connectivity index (χ4v) is 2.07. The summed E-state index contributed by atoms with van der Waals surface area (Å²) >= 11 is 0. The van der Waals surface area contributed by atoms with Crippen molar-refractivity contribution in [2.24, 2.45) is 5.41 Å². The molecular formula is C17H24O3. The molecule has 0 N–H and O–H groups in total. The van der Waals surface area contributed by atoms with Crippen molar-refractivity contribution in [2.45, 2.75) is 46.5 Å². The summed E-state index contributed by atoms with van der Waals surface area (Å²) in [5.74, 6) is 0.0337. The van der Waals surface area contributed by atoms with Crippen LogP contribution in [0.3, 0.4) is 0 Å². The minimum absolute atomic E-state index is 0.182. The van der Waals surface area contributed by atoms with Crippen LogP contribution in [0.4, 0.5) is 0 Å². The average molecular weight is 276 g/mol. The Morgan fingerprint density at radius 2 is 1.80 bits per heavy atom. The second-order valence-corrected chi connectivity index (χ2v) is 5.63. The fourth-order valence-electron chi connectivity index (χ4n) is 2.07. The number of carbonyl (C=O) groups excluding carboxylic acids is 2. The van der Waals surface area contributed by atoms with Gasteiger partial charge < -0.3 is 4.74 Å². The van der Waals surface area contributed by atoms with Crippen LogP contribution in [0.25, 0.3) is 0 Å². The number of Topliss-reactive ketones (excluding diaryl/α,β-unsaturated/α-hetero) is 1. The number of benzene rings is 1. The molecule has 3 nitrogen and oxygen atoms in total. The van der Waals surface area contributed by atoms with Gasteiger partial charge in [-0.15, -0.1) is 0 Å².